The van der Waals surface area contributed by atoms with Crippen LogP contribution in [0.4, 0.5) is 0 Å². The summed E-state index contributed by atoms with van der Waals surface area (Å²) in [5.74, 6) is 0.812. The van der Waals surface area contributed by atoms with Crippen LogP contribution in [0.25, 0.3) is 0 Å². The molecule has 20 heavy (non-hydrogen) atoms. The van der Waals surface area contributed by atoms with E-state index in [0.717, 1.165) is 24.2 Å². The predicted molar refractivity (Wildman–Crippen MR) is 77.8 cm³/mol. The number of ether oxygens (including phenoxy) is 1. The van der Waals surface area contributed by atoms with Crippen LogP contribution in [0.3, 0.4) is 0 Å². The van der Waals surface area contributed by atoms with Crippen molar-refractivity contribution in [3.8, 4) is 5.75 Å². The van der Waals surface area contributed by atoms with Crippen molar-refractivity contribution in [2.45, 2.75) is 33.1 Å². The maximum Gasteiger partial charge on any atom is 0.223 e. The lowest BCUT2D eigenvalue weighted by atomic mass is 10.1. The van der Waals surface area contributed by atoms with Gasteiger partial charge in [-0.1, -0.05) is 17.7 Å². The highest BCUT2D eigenvalue weighted by Gasteiger charge is 2.41. The highest BCUT2D eigenvalue weighted by atomic mass is 16.5. The monoisotopic (exact) mass is 277 g/mol. The molecule has 110 valence electrons. The Kier molecular flexibility index (Phi) is 4.65. The first-order valence-electron chi connectivity index (χ1n) is 7.12. The maximum absolute atomic E-state index is 11.7. The SMILES string of the molecule is Cc1ccc(OCCC(=O)NCC2(CO)CC2)c(C)c1. The number of rotatable bonds is 7. The van der Waals surface area contributed by atoms with Crippen LogP contribution in [0, 0.1) is 19.3 Å². The summed E-state index contributed by atoms with van der Waals surface area (Å²) in [6, 6.07) is 6.00. The number of aliphatic hydroxyl groups is 1. The molecule has 0 aromatic heterocycles. The maximum atomic E-state index is 11.7. The molecular weight excluding hydrogens is 254 g/mol. The minimum atomic E-state index is -0.0376. The molecule has 0 radical (unpaired) electrons. The molecule has 0 saturated heterocycles. The molecule has 1 aromatic rings. The zero-order chi connectivity index (χ0) is 14.6. The topological polar surface area (TPSA) is 58.6 Å². The van der Waals surface area contributed by atoms with E-state index < -0.39 is 0 Å². The molecule has 2 N–H and O–H groups in total. The number of hydrogen-bond acceptors (Lipinski definition) is 3. The number of carbonyl (C=O) groups is 1. The predicted octanol–water partition coefficient (Wildman–Crippen LogP) is 1.96. The van der Waals surface area contributed by atoms with E-state index >= 15 is 0 Å². The van der Waals surface area contributed by atoms with Crippen molar-refractivity contribution in [2.75, 3.05) is 19.8 Å². The van der Waals surface area contributed by atoms with Gasteiger partial charge in [-0.15, -0.1) is 0 Å². The molecule has 0 atom stereocenters. The lowest BCUT2D eigenvalue weighted by Gasteiger charge is -2.13. The second-order valence-corrected chi connectivity index (χ2v) is 5.80. The normalized spacial score (nSPS) is 15.8. The van der Waals surface area contributed by atoms with E-state index in [1.165, 1.54) is 5.56 Å². The van der Waals surface area contributed by atoms with E-state index in [1.54, 1.807) is 0 Å². The Hall–Kier alpha value is -1.55. The van der Waals surface area contributed by atoms with Crippen LogP contribution in [0.15, 0.2) is 18.2 Å². The lowest BCUT2D eigenvalue weighted by Crippen LogP contribution is -2.32. The molecule has 4 nitrogen and oxygen atoms in total. The minimum absolute atomic E-state index is 0.0190. The van der Waals surface area contributed by atoms with Crippen LogP contribution in [0.5, 0.6) is 5.75 Å². The van der Waals surface area contributed by atoms with Crippen LogP contribution in [0.2, 0.25) is 0 Å². The number of aryl methyl sites for hydroxylation is 2. The Morgan fingerprint density at radius 3 is 2.75 bits per heavy atom. The average molecular weight is 277 g/mol. The third kappa shape index (κ3) is 3.97. The Balaban J connectivity index is 1.68. The molecule has 0 aliphatic heterocycles. The van der Waals surface area contributed by atoms with Gasteiger partial charge >= 0.3 is 0 Å². The van der Waals surface area contributed by atoms with E-state index in [0.29, 0.717) is 19.6 Å². The van der Waals surface area contributed by atoms with Crippen molar-refractivity contribution in [1.29, 1.82) is 0 Å². The van der Waals surface area contributed by atoms with Crippen molar-refractivity contribution >= 4 is 5.91 Å². The Morgan fingerprint density at radius 1 is 1.40 bits per heavy atom. The molecule has 0 unspecified atom stereocenters. The number of amides is 1. The Bertz CT molecular complexity index is 481. The molecule has 0 heterocycles. The summed E-state index contributed by atoms with van der Waals surface area (Å²) in [5, 5.41) is 12.0. The first-order chi connectivity index (χ1) is 9.54. The summed E-state index contributed by atoms with van der Waals surface area (Å²) in [4.78, 5) is 11.7. The fourth-order valence-electron chi connectivity index (χ4n) is 2.16. The lowest BCUT2D eigenvalue weighted by molar-refractivity contribution is -0.121. The molecule has 1 fully saturated rings. The van der Waals surface area contributed by atoms with Crippen LogP contribution in [-0.4, -0.2) is 30.8 Å². The van der Waals surface area contributed by atoms with Crippen molar-refractivity contribution < 1.29 is 14.6 Å². The fourth-order valence-corrected chi connectivity index (χ4v) is 2.16. The third-order valence-electron chi connectivity index (χ3n) is 3.87. The highest BCUT2D eigenvalue weighted by Crippen LogP contribution is 2.44. The second-order valence-electron chi connectivity index (χ2n) is 5.80. The van der Waals surface area contributed by atoms with Crippen LogP contribution < -0.4 is 10.1 Å². The van der Waals surface area contributed by atoms with Gasteiger partial charge in [-0.3, -0.25) is 4.79 Å². The molecule has 1 amide bonds. The quantitative estimate of drug-likeness (QED) is 0.801. The first kappa shape index (κ1) is 14.9. The third-order valence-corrected chi connectivity index (χ3v) is 3.87. The minimum Gasteiger partial charge on any atom is -0.493 e. The number of carbonyl (C=O) groups excluding carboxylic acids is 1. The summed E-state index contributed by atoms with van der Waals surface area (Å²) < 4.78 is 5.63. The van der Waals surface area contributed by atoms with Gasteiger partial charge in [0.2, 0.25) is 5.91 Å². The van der Waals surface area contributed by atoms with Crippen LogP contribution in [0.1, 0.15) is 30.4 Å². The van der Waals surface area contributed by atoms with Gasteiger partial charge in [0.05, 0.1) is 19.6 Å². The second kappa shape index (κ2) is 6.27. The number of nitrogens with one attached hydrogen (secondary N) is 1. The Morgan fingerprint density at radius 2 is 2.15 bits per heavy atom. The summed E-state index contributed by atoms with van der Waals surface area (Å²) in [6.07, 6.45) is 2.35. The number of hydrogen-bond donors (Lipinski definition) is 2. The molecule has 4 heteroatoms. The molecular formula is C16H23NO3. The van der Waals surface area contributed by atoms with Crippen LogP contribution >= 0.6 is 0 Å². The standard InChI is InChI=1S/C16H23NO3/c1-12-3-4-14(13(2)9-12)20-8-5-15(19)17-10-16(11-18)6-7-16/h3-4,9,18H,5-8,10-11H2,1-2H3,(H,17,19). The average Bonchev–Trinajstić information content (AvgIpc) is 3.20. The molecule has 1 aliphatic rings. The van der Waals surface area contributed by atoms with E-state index in [-0.39, 0.29) is 17.9 Å². The van der Waals surface area contributed by atoms with Gasteiger partial charge in [-0.2, -0.15) is 0 Å². The van der Waals surface area contributed by atoms with Gasteiger partial charge in [0.25, 0.3) is 0 Å². The summed E-state index contributed by atoms with van der Waals surface area (Å²) in [6.45, 7) is 5.15. The van der Waals surface area contributed by atoms with Gasteiger partial charge in [-0.05, 0) is 38.3 Å². The van der Waals surface area contributed by atoms with E-state index in [9.17, 15) is 9.90 Å². The van der Waals surface area contributed by atoms with E-state index in [4.69, 9.17) is 4.74 Å². The fraction of sp³-hybridized carbons (Fsp3) is 0.562. The zero-order valence-corrected chi connectivity index (χ0v) is 12.2. The molecule has 2 rings (SSSR count). The molecule has 0 spiro atoms. The van der Waals surface area contributed by atoms with E-state index in [1.807, 2.05) is 26.0 Å². The van der Waals surface area contributed by atoms with Crippen molar-refractivity contribution in [3.63, 3.8) is 0 Å². The first-order valence-corrected chi connectivity index (χ1v) is 7.12. The zero-order valence-electron chi connectivity index (χ0n) is 12.2. The van der Waals surface area contributed by atoms with E-state index in [2.05, 4.69) is 11.4 Å². The van der Waals surface area contributed by atoms with Gasteiger partial charge in [0, 0.05) is 12.0 Å². The summed E-state index contributed by atoms with van der Waals surface area (Å²) in [7, 11) is 0. The van der Waals surface area contributed by atoms with Gasteiger partial charge < -0.3 is 15.2 Å². The van der Waals surface area contributed by atoms with Crippen molar-refractivity contribution in [2.24, 2.45) is 5.41 Å². The van der Waals surface area contributed by atoms with Crippen LogP contribution in [-0.2, 0) is 4.79 Å². The molecule has 0 bridgehead atoms. The van der Waals surface area contributed by atoms with Crippen molar-refractivity contribution in [1.82, 2.24) is 5.32 Å². The summed E-state index contributed by atoms with van der Waals surface area (Å²) in [5.41, 5.74) is 2.25. The number of aliphatic hydroxyl groups excluding tert-OH is 1. The molecule has 1 aliphatic carbocycles. The van der Waals surface area contributed by atoms with Crippen molar-refractivity contribution in [3.05, 3.63) is 29.3 Å². The molecule has 1 saturated carbocycles. The van der Waals surface area contributed by atoms with Gasteiger partial charge in [-0.25, -0.2) is 0 Å². The van der Waals surface area contributed by atoms with Gasteiger partial charge in [0.15, 0.2) is 0 Å². The largest absolute Gasteiger partial charge is 0.493 e. The molecule has 1 aromatic carbocycles. The van der Waals surface area contributed by atoms with Gasteiger partial charge in [0.1, 0.15) is 5.75 Å². The Labute approximate surface area is 120 Å². The smallest absolute Gasteiger partial charge is 0.223 e. The number of benzene rings is 1. The highest BCUT2D eigenvalue weighted by molar-refractivity contribution is 5.76. The summed E-state index contributed by atoms with van der Waals surface area (Å²) >= 11 is 0.